The van der Waals surface area contributed by atoms with Gasteiger partial charge in [-0.1, -0.05) is 35.9 Å². The molecule has 0 fully saturated rings. The molecule has 2 aromatic rings. The molecule has 0 radical (unpaired) electrons. The fourth-order valence-electron chi connectivity index (χ4n) is 1.85. The zero-order chi connectivity index (χ0) is 14.0. The van der Waals surface area contributed by atoms with E-state index in [1.807, 2.05) is 0 Å². The summed E-state index contributed by atoms with van der Waals surface area (Å²) in [5.74, 6) is 0. The van der Waals surface area contributed by atoms with E-state index < -0.39 is 11.7 Å². The lowest BCUT2D eigenvalue weighted by Gasteiger charge is -2.13. The van der Waals surface area contributed by atoms with Crippen LogP contribution in [-0.4, -0.2) is 5.11 Å². The van der Waals surface area contributed by atoms with E-state index in [9.17, 15) is 13.2 Å². The second-order valence-electron chi connectivity index (χ2n) is 4.01. The molecule has 0 aliphatic carbocycles. The van der Waals surface area contributed by atoms with Crippen LogP contribution >= 0.6 is 11.6 Å². The number of aliphatic hydroxyl groups is 1. The molecule has 0 amide bonds. The lowest BCUT2D eigenvalue weighted by Crippen LogP contribution is -2.06. The molecule has 0 heterocycles. The van der Waals surface area contributed by atoms with Crippen LogP contribution < -0.4 is 0 Å². The SMILES string of the molecule is OCc1cc(-c2ccccc2C(F)(F)F)ccc1Cl. The first-order valence-corrected chi connectivity index (χ1v) is 5.87. The first-order chi connectivity index (χ1) is 8.93. The Bertz CT molecular complexity index is 593. The summed E-state index contributed by atoms with van der Waals surface area (Å²) in [6, 6.07) is 9.76. The Balaban J connectivity index is 2.59. The summed E-state index contributed by atoms with van der Waals surface area (Å²) >= 11 is 5.83. The summed E-state index contributed by atoms with van der Waals surface area (Å²) in [4.78, 5) is 0. The van der Waals surface area contributed by atoms with Crippen LogP contribution in [0.15, 0.2) is 42.5 Å². The number of hydrogen-bond acceptors (Lipinski definition) is 1. The Hall–Kier alpha value is -1.52. The number of aliphatic hydroxyl groups excluding tert-OH is 1. The summed E-state index contributed by atoms with van der Waals surface area (Å²) in [5, 5.41) is 9.44. The van der Waals surface area contributed by atoms with Crippen molar-refractivity contribution in [3.8, 4) is 11.1 Å². The van der Waals surface area contributed by atoms with Crippen LogP contribution in [0.3, 0.4) is 0 Å². The van der Waals surface area contributed by atoms with Gasteiger partial charge in [0.2, 0.25) is 0 Å². The van der Waals surface area contributed by atoms with Gasteiger partial charge in [-0.05, 0) is 34.9 Å². The maximum atomic E-state index is 12.9. The van der Waals surface area contributed by atoms with Crippen LogP contribution in [-0.2, 0) is 12.8 Å². The number of benzene rings is 2. The Morgan fingerprint density at radius 3 is 2.37 bits per heavy atom. The predicted molar refractivity (Wildman–Crippen MR) is 67.8 cm³/mol. The van der Waals surface area contributed by atoms with Gasteiger partial charge in [-0.25, -0.2) is 0 Å². The van der Waals surface area contributed by atoms with Crippen molar-refractivity contribution >= 4 is 11.6 Å². The van der Waals surface area contributed by atoms with E-state index in [1.165, 1.54) is 36.4 Å². The van der Waals surface area contributed by atoms with Crippen molar-refractivity contribution in [3.63, 3.8) is 0 Å². The van der Waals surface area contributed by atoms with Gasteiger partial charge in [0.05, 0.1) is 12.2 Å². The van der Waals surface area contributed by atoms with Crippen molar-refractivity contribution in [3.05, 3.63) is 58.6 Å². The topological polar surface area (TPSA) is 20.2 Å². The van der Waals surface area contributed by atoms with Crippen LogP contribution in [0.2, 0.25) is 5.02 Å². The van der Waals surface area contributed by atoms with Crippen molar-refractivity contribution in [1.29, 1.82) is 0 Å². The van der Waals surface area contributed by atoms with Gasteiger partial charge in [-0.15, -0.1) is 0 Å². The molecule has 0 aromatic heterocycles. The van der Waals surface area contributed by atoms with E-state index in [0.29, 0.717) is 16.1 Å². The van der Waals surface area contributed by atoms with E-state index in [-0.39, 0.29) is 12.2 Å². The third-order valence-corrected chi connectivity index (χ3v) is 3.13. The molecule has 2 rings (SSSR count). The minimum absolute atomic E-state index is 0.0707. The van der Waals surface area contributed by atoms with Gasteiger partial charge < -0.3 is 5.11 Å². The summed E-state index contributed by atoms with van der Waals surface area (Å²) in [6.07, 6.45) is -4.42. The minimum Gasteiger partial charge on any atom is -0.392 e. The molecular weight excluding hydrogens is 277 g/mol. The van der Waals surface area contributed by atoms with Crippen LogP contribution in [0.25, 0.3) is 11.1 Å². The molecule has 1 nitrogen and oxygen atoms in total. The van der Waals surface area contributed by atoms with Crippen molar-refractivity contribution < 1.29 is 18.3 Å². The smallest absolute Gasteiger partial charge is 0.392 e. The number of halogens is 4. The normalized spacial score (nSPS) is 11.6. The summed E-state index contributed by atoms with van der Waals surface area (Å²) in [5.41, 5.74) is 0.139. The largest absolute Gasteiger partial charge is 0.417 e. The van der Waals surface area contributed by atoms with Gasteiger partial charge >= 0.3 is 6.18 Å². The van der Waals surface area contributed by atoms with Crippen molar-refractivity contribution in [2.45, 2.75) is 12.8 Å². The Morgan fingerprint density at radius 2 is 1.74 bits per heavy atom. The molecule has 0 aliphatic heterocycles. The highest BCUT2D eigenvalue weighted by Crippen LogP contribution is 2.37. The average Bonchev–Trinajstić information content (AvgIpc) is 2.38. The molecule has 1 N–H and O–H groups in total. The Kier molecular flexibility index (Phi) is 3.83. The van der Waals surface area contributed by atoms with Crippen molar-refractivity contribution in [2.24, 2.45) is 0 Å². The molecule has 0 spiro atoms. The summed E-state index contributed by atoms with van der Waals surface area (Å²) < 4.78 is 38.8. The van der Waals surface area contributed by atoms with Gasteiger partial charge in [0.1, 0.15) is 0 Å². The average molecular weight is 287 g/mol. The van der Waals surface area contributed by atoms with Crippen molar-refractivity contribution in [2.75, 3.05) is 0 Å². The van der Waals surface area contributed by atoms with Gasteiger partial charge in [-0.3, -0.25) is 0 Å². The van der Waals surface area contributed by atoms with Crippen LogP contribution in [0.1, 0.15) is 11.1 Å². The number of hydrogen-bond donors (Lipinski definition) is 1. The highest BCUT2D eigenvalue weighted by Gasteiger charge is 2.33. The van der Waals surface area contributed by atoms with Crippen molar-refractivity contribution in [1.82, 2.24) is 0 Å². The Labute approximate surface area is 113 Å². The highest BCUT2D eigenvalue weighted by atomic mass is 35.5. The molecule has 0 aliphatic rings. The maximum absolute atomic E-state index is 12.9. The van der Waals surface area contributed by atoms with Gasteiger partial charge in [0, 0.05) is 5.02 Å². The minimum atomic E-state index is -4.42. The number of rotatable bonds is 2. The lowest BCUT2D eigenvalue weighted by atomic mass is 9.98. The molecule has 0 saturated carbocycles. The molecule has 2 aromatic carbocycles. The lowest BCUT2D eigenvalue weighted by molar-refractivity contribution is -0.137. The van der Waals surface area contributed by atoms with Gasteiger partial charge in [0.15, 0.2) is 0 Å². The van der Waals surface area contributed by atoms with Crippen LogP contribution in [0.4, 0.5) is 13.2 Å². The third kappa shape index (κ3) is 2.91. The second-order valence-corrected chi connectivity index (χ2v) is 4.41. The van der Waals surface area contributed by atoms with E-state index >= 15 is 0 Å². The first-order valence-electron chi connectivity index (χ1n) is 5.49. The molecule has 19 heavy (non-hydrogen) atoms. The zero-order valence-electron chi connectivity index (χ0n) is 9.71. The van der Waals surface area contributed by atoms with E-state index in [1.54, 1.807) is 0 Å². The van der Waals surface area contributed by atoms with Crippen LogP contribution in [0.5, 0.6) is 0 Å². The molecule has 0 bridgehead atoms. The quantitative estimate of drug-likeness (QED) is 0.861. The van der Waals surface area contributed by atoms with E-state index in [2.05, 4.69) is 0 Å². The first kappa shape index (κ1) is 13.9. The highest BCUT2D eigenvalue weighted by molar-refractivity contribution is 6.31. The zero-order valence-corrected chi connectivity index (χ0v) is 10.5. The summed E-state index contributed by atoms with van der Waals surface area (Å²) in [7, 11) is 0. The molecule has 0 saturated heterocycles. The van der Waals surface area contributed by atoms with Crippen LogP contribution in [0, 0.1) is 0 Å². The Morgan fingerprint density at radius 1 is 1.05 bits per heavy atom. The maximum Gasteiger partial charge on any atom is 0.417 e. The molecule has 0 atom stereocenters. The molecule has 5 heteroatoms. The fourth-order valence-corrected chi connectivity index (χ4v) is 2.02. The standard InChI is InChI=1S/C14H10ClF3O/c15-13-6-5-9(7-10(13)8-19)11-3-1-2-4-12(11)14(16,17)18/h1-7,19H,8H2. The monoisotopic (exact) mass is 286 g/mol. The van der Waals surface area contributed by atoms with E-state index in [0.717, 1.165) is 6.07 Å². The molecule has 0 unspecified atom stereocenters. The second kappa shape index (κ2) is 5.23. The fraction of sp³-hybridized carbons (Fsp3) is 0.143. The molecular formula is C14H10ClF3O. The summed E-state index contributed by atoms with van der Waals surface area (Å²) in [6.45, 7) is -0.319. The number of alkyl halides is 3. The van der Waals surface area contributed by atoms with Gasteiger partial charge in [0.25, 0.3) is 0 Å². The third-order valence-electron chi connectivity index (χ3n) is 2.76. The molecule has 100 valence electrons. The predicted octanol–water partition coefficient (Wildman–Crippen LogP) is 4.52. The van der Waals surface area contributed by atoms with Gasteiger partial charge in [-0.2, -0.15) is 13.2 Å². The van der Waals surface area contributed by atoms with E-state index in [4.69, 9.17) is 16.7 Å².